The minimum Gasteiger partial charge on any atom is -0.384 e. The zero-order valence-electron chi connectivity index (χ0n) is 14.0. The number of anilines is 1. The summed E-state index contributed by atoms with van der Waals surface area (Å²) in [5.41, 5.74) is 0. The molecule has 0 unspecified atom stereocenters. The zero-order valence-corrected chi connectivity index (χ0v) is 15.6. The second-order valence-electron chi connectivity index (χ2n) is 5.46. The number of nitrogens with one attached hydrogen (secondary N) is 1. The maximum Gasteiger partial charge on any atom is 0.231 e. The first-order chi connectivity index (χ1) is 11.5. The lowest BCUT2D eigenvalue weighted by Gasteiger charge is -2.23. The van der Waals surface area contributed by atoms with Crippen molar-refractivity contribution in [2.45, 2.75) is 23.7 Å². The van der Waals surface area contributed by atoms with Crippen molar-refractivity contribution in [2.24, 2.45) is 5.92 Å². The van der Waals surface area contributed by atoms with Crippen molar-refractivity contribution >= 4 is 40.0 Å². The van der Waals surface area contributed by atoms with Crippen LogP contribution >= 0.6 is 23.1 Å². The number of thioether (sulfide) groups is 1. The predicted octanol–water partition coefficient (Wildman–Crippen LogP) is 1.10. The van der Waals surface area contributed by atoms with Gasteiger partial charge in [0.05, 0.1) is 25.2 Å². The van der Waals surface area contributed by atoms with Crippen molar-refractivity contribution in [1.29, 1.82) is 0 Å². The summed E-state index contributed by atoms with van der Waals surface area (Å²) in [4.78, 5) is 26.1. The molecule has 0 bridgehead atoms. The average molecular weight is 374 g/mol. The number of hydrogen-bond acceptors (Lipinski definition) is 8. The maximum atomic E-state index is 12.3. The second kappa shape index (κ2) is 9.30. The highest BCUT2D eigenvalue weighted by Crippen LogP contribution is 2.27. The zero-order chi connectivity index (χ0) is 17.5. The first kappa shape index (κ1) is 19.1. The molecule has 1 aromatic rings. The fourth-order valence-corrected chi connectivity index (χ4v) is 4.13. The van der Waals surface area contributed by atoms with Crippen LogP contribution < -0.4 is 5.32 Å². The van der Waals surface area contributed by atoms with E-state index < -0.39 is 0 Å². The second-order valence-corrected chi connectivity index (χ2v) is 7.77. The molecular weight excluding hydrogens is 352 g/mol. The molecule has 10 heteroatoms. The van der Waals surface area contributed by atoms with Crippen molar-refractivity contribution in [2.75, 3.05) is 45.0 Å². The largest absolute Gasteiger partial charge is 0.384 e. The van der Waals surface area contributed by atoms with Gasteiger partial charge in [-0.3, -0.25) is 9.59 Å². The first-order valence-electron chi connectivity index (χ1n) is 7.59. The molecule has 2 amide bonds. The number of nitrogens with zero attached hydrogens (tertiary/aromatic N) is 3. The number of carbonyl (C=O) groups is 2. The minimum absolute atomic E-state index is 0.0206. The number of aromatic nitrogens is 2. The van der Waals surface area contributed by atoms with E-state index in [1.807, 2.05) is 6.92 Å². The van der Waals surface area contributed by atoms with Crippen LogP contribution in [0, 0.1) is 5.92 Å². The topological polar surface area (TPSA) is 93.7 Å². The molecule has 2 atom stereocenters. The van der Waals surface area contributed by atoms with Crippen LogP contribution in [0.3, 0.4) is 0 Å². The van der Waals surface area contributed by atoms with E-state index in [1.54, 1.807) is 19.1 Å². The fourth-order valence-electron chi connectivity index (χ4n) is 2.40. The summed E-state index contributed by atoms with van der Waals surface area (Å²) >= 11 is 2.85. The molecule has 1 aromatic heterocycles. The Balaban J connectivity index is 1.85. The Hall–Kier alpha value is -1.23. The minimum atomic E-state index is -0.370. The Morgan fingerprint density at radius 2 is 2.25 bits per heavy atom. The van der Waals surface area contributed by atoms with Crippen molar-refractivity contribution < 1.29 is 19.1 Å². The van der Waals surface area contributed by atoms with Crippen LogP contribution in [0.15, 0.2) is 4.34 Å². The number of amides is 2. The fraction of sp³-hybridized carbons (Fsp3) is 0.714. The van der Waals surface area contributed by atoms with Gasteiger partial charge in [0.25, 0.3) is 0 Å². The van der Waals surface area contributed by atoms with Crippen molar-refractivity contribution in [1.82, 2.24) is 15.1 Å². The highest BCUT2D eigenvalue weighted by atomic mass is 32.2. The van der Waals surface area contributed by atoms with Crippen molar-refractivity contribution in [3.63, 3.8) is 0 Å². The molecule has 0 aromatic carbocycles. The molecule has 24 heavy (non-hydrogen) atoms. The molecule has 2 heterocycles. The molecule has 1 aliphatic rings. The summed E-state index contributed by atoms with van der Waals surface area (Å²) in [5.74, 6) is 0.195. The quantitative estimate of drug-likeness (QED) is 0.393. The molecule has 1 saturated heterocycles. The molecule has 1 aliphatic heterocycles. The lowest BCUT2D eigenvalue weighted by atomic mass is 10.1. The van der Waals surface area contributed by atoms with Crippen LogP contribution in [0.25, 0.3) is 0 Å². The van der Waals surface area contributed by atoms with Gasteiger partial charge in [-0.05, 0) is 6.92 Å². The molecule has 1 N–H and O–H groups in total. The lowest BCUT2D eigenvalue weighted by molar-refractivity contribution is -0.130. The number of hydrogen-bond donors (Lipinski definition) is 1. The van der Waals surface area contributed by atoms with Crippen molar-refractivity contribution in [3.05, 3.63) is 0 Å². The smallest absolute Gasteiger partial charge is 0.231 e. The third-order valence-electron chi connectivity index (χ3n) is 3.62. The summed E-state index contributed by atoms with van der Waals surface area (Å²) < 4.78 is 10.8. The van der Waals surface area contributed by atoms with E-state index in [0.717, 1.165) is 10.1 Å². The van der Waals surface area contributed by atoms with Gasteiger partial charge in [0.15, 0.2) is 4.34 Å². The number of ether oxygens (including phenoxy) is 2. The van der Waals surface area contributed by atoms with Gasteiger partial charge in [-0.15, -0.1) is 10.2 Å². The number of likely N-dealkylation sites (tertiary alicyclic amines) is 1. The average Bonchev–Trinajstić information content (AvgIpc) is 3.14. The summed E-state index contributed by atoms with van der Waals surface area (Å²) in [7, 11) is 3.24. The molecule has 134 valence electrons. The van der Waals surface area contributed by atoms with Crippen LogP contribution in [-0.2, 0) is 19.1 Å². The number of carbonyl (C=O) groups excluding carboxylic acids is 2. The Morgan fingerprint density at radius 1 is 1.46 bits per heavy atom. The Morgan fingerprint density at radius 3 is 2.96 bits per heavy atom. The molecule has 0 spiro atoms. The summed E-state index contributed by atoms with van der Waals surface area (Å²) in [6.45, 7) is 3.41. The van der Waals surface area contributed by atoms with Gasteiger partial charge in [0, 0.05) is 32.9 Å². The highest BCUT2D eigenvalue weighted by Gasteiger charge is 2.36. The van der Waals surface area contributed by atoms with E-state index in [1.165, 1.54) is 23.1 Å². The van der Waals surface area contributed by atoms with Crippen LogP contribution in [0.1, 0.15) is 13.3 Å². The molecule has 8 nitrogen and oxygen atoms in total. The lowest BCUT2D eigenvalue weighted by Crippen LogP contribution is -2.38. The summed E-state index contributed by atoms with van der Waals surface area (Å²) in [6.07, 6.45) is 0.216. The Bertz CT molecular complexity index is 569. The standard InChI is InChI=1S/C14H22N4O4S2/c1-9(8-22-3)18-7-10(6-11(18)19)12(20)15-13-16-17-14(24-13)23-5-4-21-2/h9-10H,4-8H2,1-3H3,(H,15,16,20)/t9-,10+/m1/s1. The van der Waals surface area contributed by atoms with E-state index in [-0.39, 0.29) is 30.2 Å². The number of methoxy groups -OCH3 is 2. The molecule has 0 radical (unpaired) electrons. The SMILES string of the molecule is COCCSc1nnc(NC(=O)[C@H]2CC(=O)N([C@H](C)COC)C2)s1. The molecular formula is C14H22N4O4S2. The third-order valence-corrected chi connectivity index (χ3v) is 5.56. The monoisotopic (exact) mass is 374 g/mol. The van der Waals surface area contributed by atoms with Crippen LogP contribution in [0.4, 0.5) is 5.13 Å². The maximum absolute atomic E-state index is 12.3. The third kappa shape index (κ3) is 5.13. The van der Waals surface area contributed by atoms with Crippen LogP contribution in [0.5, 0.6) is 0 Å². The summed E-state index contributed by atoms with van der Waals surface area (Å²) in [6, 6.07) is -0.0365. The first-order valence-corrected chi connectivity index (χ1v) is 9.39. The number of rotatable bonds is 9. The van der Waals surface area contributed by atoms with Crippen LogP contribution in [-0.4, -0.2) is 72.7 Å². The van der Waals surface area contributed by atoms with E-state index in [0.29, 0.717) is 24.9 Å². The van der Waals surface area contributed by atoms with Gasteiger partial charge in [0.2, 0.25) is 16.9 Å². The van der Waals surface area contributed by atoms with Gasteiger partial charge >= 0.3 is 0 Å². The summed E-state index contributed by atoms with van der Waals surface area (Å²) in [5, 5.41) is 11.2. The van der Waals surface area contributed by atoms with E-state index in [4.69, 9.17) is 9.47 Å². The normalized spacial score (nSPS) is 18.9. The highest BCUT2D eigenvalue weighted by molar-refractivity contribution is 8.01. The van der Waals surface area contributed by atoms with Gasteiger partial charge < -0.3 is 19.7 Å². The van der Waals surface area contributed by atoms with Crippen LogP contribution in [0.2, 0.25) is 0 Å². The van der Waals surface area contributed by atoms with Gasteiger partial charge in [-0.25, -0.2) is 0 Å². The van der Waals surface area contributed by atoms with Gasteiger partial charge in [-0.1, -0.05) is 23.1 Å². The van der Waals surface area contributed by atoms with Gasteiger partial charge in [-0.2, -0.15) is 0 Å². The Labute approximate surface area is 149 Å². The molecule has 0 saturated carbocycles. The van der Waals surface area contributed by atoms with Crippen molar-refractivity contribution in [3.8, 4) is 0 Å². The predicted molar refractivity (Wildman–Crippen MR) is 92.3 cm³/mol. The Kier molecular flexibility index (Phi) is 7.40. The van der Waals surface area contributed by atoms with Gasteiger partial charge in [0.1, 0.15) is 0 Å². The van der Waals surface area contributed by atoms with E-state index in [2.05, 4.69) is 15.5 Å². The molecule has 0 aliphatic carbocycles. The molecule has 1 fully saturated rings. The molecule has 2 rings (SSSR count). The van der Waals surface area contributed by atoms with E-state index in [9.17, 15) is 9.59 Å². The van der Waals surface area contributed by atoms with E-state index >= 15 is 0 Å².